The summed E-state index contributed by atoms with van der Waals surface area (Å²) in [6.07, 6.45) is 9.28. The van der Waals surface area contributed by atoms with E-state index in [4.69, 9.17) is 4.74 Å². The first-order valence-electron chi connectivity index (χ1n) is 7.83. The van der Waals surface area contributed by atoms with Gasteiger partial charge in [0.1, 0.15) is 0 Å². The molecule has 112 valence electrons. The molecular formula is C16H30O3. The highest BCUT2D eigenvalue weighted by Gasteiger charge is 2.37. The van der Waals surface area contributed by atoms with Crippen molar-refractivity contribution in [3.05, 3.63) is 0 Å². The Morgan fingerprint density at radius 1 is 1.00 bits per heavy atom. The van der Waals surface area contributed by atoms with Crippen LogP contribution in [0.15, 0.2) is 0 Å². The third kappa shape index (κ3) is 5.52. The second-order valence-electron chi connectivity index (χ2n) is 6.51. The van der Waals surface area contributed by atoms with Gasteiger partial charge in [-0.1, -0.05) is 38.5 Å². The van der Waals surface area contributed by atoms with Gasteiger partial charge < -0.3 is 9.84 Å². The second-order valence-corrected chi connectivity index (χ2v) is 6.51. The molecule has 1 aliphatic rings. The normalized spacial score (nSPS) is 31.3. The van der Waals surface area contributed by atoms with Crippen LogP contribution < -0.4 is 0 Å². The summed E-state index contributed by atoms with van der Waals surface area (Å²) in [6.45, 7) is 5.53. The lowest BCUT2D eigenvalue weighted by atomic mass is 9.83. The smallest absolute Gasteiger partial charge is 0.314 e. The molecular weight excluding hydrogens is 240 g/mol. The minimum absolute atomic E-state index is 0.0399. The van der Waals surface area contributed by atoms with Gasteiger partial charge in [-0.2, -0.15) is 0 Å². The summed E-state index contributed by atoms with van der Waals surface area (Å²) < 4.78 is 5.48. The quantitative estimate of drug-likeness (QED) is 0.680. The van der Waals surface area contributed by atoms with Crippen molar-refractivity contribution in [3.63, 3.8) is 0 Å². The maximum absolute atomic E-state index is 12.1. The first-order chi connectivity index (χ1) is 8.94. The molecule has 0 radical (unpaired) electrons. The molecule has 1 heterocycles. The van der Waals surface area contributed by atoms with Crippen LogP contribution in [0.25, 0.3) is 0 Å². The lowest BCUT2D eigenvalue weighted by Crippen LogP contribution is -2.40. The van der Waals surface area contributed by atoms with Crippen LogP contribution in [0.4, 0.5) is 0 Å². The average Bonchev–Trinajstić information content (AvgIpc) is 2.35. The Bertz CT molecular complexity index is 273. The summed E-state index contributed by atoms with van der Waals surface area (Å²) in [5.41, 5.74) is -0.793. The van der Waals surface area contributed by atoms with Gasteiger partial charge in [-0.15, -0.1) is 0 Å². The second kappa shape index (κ2) is 7.88. The van der Waals surface area contributed by atoms with Gasteiger partial charge in [0.15, 0.2) is 0 Å². The van der Waals surface area contributed by atoms with E-state index < -0.39 is 11.5 Å². The number of aliphatic hydroxyl groups is 1. The number of hydrogen-bond donors (Lipinski definition) is 1. The van der Waals surface area contributed by atoms with E-state index >= 15 is 0 Å². The van der Waals surface area contributed by atoms with Crippen molar-refractivity contribution >= 4 is 5.97 Å². The molecule has 0 spiro atoms. The largest absolute Gasteiger partial charge is 0.462 e. The van der Waals surface area contributed by atoms with Gasteiger partial charge in [0.05, 0.1) is 17.6 Å². The highest BCUT2D eigenvalue weighted by molar-refractivity contribution is 5.76. The lowest BCUT2D eigenvalue weighted by molar-refractivity contribution is -0.166. The van der Waals surface area contributed by atoms with Crippen molar-refractivity contribution in [1.29, 1.82) is 0 Å². The Morgan fingerprint density at radius 3 is 2.05 bits per heavy atom. The molecule has 1 aliphatic heterocycles. The summed E-state index contributed by atoms with van der Waals surface area (Å²) in [4.78, 5) is 12.1. The van der Waals surface area contributed by atoms with Crippen LogP contribution in [0, 0.1) is 5.41 Å². The monoisotopic (exact) mass is 270 g/mol. The fourth-order valence-electron chi connectivity index (χ4n) is 2.54. The highest BCUT2D eigenvalue weighted by atomic mass is 16.5. The summed E-state index contributed by atoms with van der Waals surface area (Å²) in [5, 5.41) is 10.2. The molecule has 0 unspecified atom stereocenters. The molecule has 0 aliphatic carbocycles. The zero-order chi connectivity index (χ0) is 14.3. The number of ether oxygens (including phenoxy) is 1. The molecule has 0 aromatic heterocycles. The van der Waals surface area contributed by atoms with E-state index in [1.54, 1.807) is 13.8 Å². The molecule has 3 nitrogen and oxygen atoms in total. The summed E-state index contributed by atoms with van der Waals surface area (Å²) in [5.74, 6) is -0.260. The van der Waals surface area contributed by atoms with E-state index in [-0.39, 0.29) is 12.1 Å². The zero-order valence-corrected chi connectivity index (χ0v) is 12.8. The van der Waals surface area contributed by atoms with Crippen LogP contribution in [-0.2, 0) is 9.53 Å². The average molecular weight is 270 g/mol. The predicted octanol–water partition coefficient (Wildman–Crippen LogP) is 3.83. The van der Waals surface area contributed by atoms with Crippen LogP contribution in [0.2, 0.25) is 0 Å². The minimum Gasteiger partial charge on any atom is -0.462 e. The van der Waals surface area contributed by atoms with E-state index in [1.807, 2.05) is 6.92 Å². The first-order valence-corrected chi connectivity index (χ1v) is 7.83. The van der Waals surface area contributed by atoms with Crippen LogP contribution in [-0.4, -0.2) is 23.3 Å². The fraction of sp³-hybridized carbons (Fsp3) is 0.938. The van der Waals surface area contributed by atoms with Gasteiger partial charge >= 0.3 is 5.97 Å². The van der Waals surface area contributed by atoms with Crippen molar-refractivity contribution in [2.24, 2.45) is 5.41 Å². The number of rotatable bonds is 0. The van der Waals surface area contributed by atoms with Crippen LogP contribution >= 0.6 is 0 Å². The van der Waals surface area contributed by atoms with Gasteiger partial charge in [0.25, 0.3) is 0 Å². The topological polar surface area (TPSA) is 46.5 Å². The molecule has 0 amide bonds. The number of esters is 1. The Hall–Kier alpha value is -0.570. The van der Waals surface area contributed by atoms with Gasteiger partial charge in [0.2, 0.25) is 0 Å². The third-order valence-corrected chi connectivity index (χ3v) is 4.26. The van der Waals surface area contributed by atoms with Crippen LogP contribution in [0.1, 0.15) is 78.6 Å². The van der Waals surface area contributed by atoms with Crippen molar-refractivity contribution in [2.75, 3.05) is 0 Å². The Labute approximate surface area is 117 Å². The van der Waals surface area contributed by atoms with Crippen LogP contribution in [0.5, 0.6) is 0 Å². The molecule has 0 bridgehead atoms. The molecule has 0 aromatic carbocycles. The Morgan fingerprint density at radius 2 is 1.47 bits per heavy atom. The van der Waals surface area contributed by atoms with Gasteiger partial charge in [0, 0.05) is 0 Å². The van der Waals surface area contributed by atoms with E-state index in [1.165, 1.54) is 25.7 Å². The van der Waals surface area contributed by atoms with Crippen molar-refractivity contribution < 1.29 is 14.6 Å². The van der Waals surface area contributed by atoms with Gasteiger partial charge in [-0.05, 0) is 40.0 Å². The standard InChI is InChI=1S/C16H30O3/c1-13-11-9-7-5-4-6-8-10-12-14(17)16(2,3)15(18)19-13/h13-14,17H,4-12H2,1-3H3/t13-,14+/m0/s1. The number of aliphatic hydroxyl groups excluding tert-OH is 1. The summed E-state index contributed by atoms with van der Waals surface area (Å²) >= 11 is 0. The van der Waals surface area contributed by atoms with Crippen molar-refractivity contribution in [1.82, 2.24) is 0 Å². The highest BCUT2D eigenvalue weighted by Crippen LogP contribution is 2.28. The molecule has 19 heavy (non-hydrogen) atoms. The molecule has 1 fully saturated rings. The van der Waals surface area contributed by atoms with E-state index in [9.17, 15) is 9.90 Å². The van der Waals surface area contributed by atoms with E-state index in [0.29, 0.717) is 6.42 Å². The SMILES string of the molecule is C[C@H]1CCCCCCCCC[C@@H](O)C(C)(C)C(=O)O1. The van der Waals surface area contributed by atoms with Crippen molar-refractivity contribution in [3.8, 4) is 0 Å². The number of cyclic esters (lactones) is 1. The van der Waals surface area contributed by atoms with Gasteiger partial charge in [-0.3, -0.25) is 4.79 Å². The lowest BCUT2D eigenvalue weighted by Gasteiger charge is -2.30. The Balaban J connectivity index is 2.60. The van der Waals surface area contributed by atoms with Crippen LogP contribution in [0.3, 0.4) is 0 Å². The molecule has 2 atom stereocenters. The molecule has 0 aromatic rings. The number of hydrogen-bond acceptors (Lipinski definition) is 3. The zero-order valence-electron chi connectivity index (χ0n) is 12.8. The van der Waals surface area contributed by atoms with Crippen molar-refractivity contribution in [2.45, 2.75) is 90.8 Å². The number of carbonyl (C=O) groups is 1. The minimum atomic E-state index is -0.793. The third-order valence-electron chi connectivity index (χ3n) is 4.26. The molecule has 1 saturated heterocycles. The molecule has 3 heteroatoms. The van der Waals surface area contributed by atoms with E-state index in [2.05, 4.69) is 0 Å². The first kappa shape index (κ1) is 16.5. The molecule has 1 rings (SSSR count). The maximum Gasteiger partial charge on any atom is 0.314 e. The summed E-state index contributed by atoms with van der Waals surface area (Å²) in [7, 11) is 0. The Kier molecular flexibility index (Phi) is 6.84. The van der Waals surface area contributed by atoms with Gasteiger partial charge in [-0.25, -0.2) is 0 Å². The van der Waals surface area contributed by atoms with E-state index in [0.717, 1.165) is 25.7 Å². The molecule has 0 saturated carbocycles. The predicted molar refractivity (Wildman–Crippen MR) is 76.9 cm³/mol. The summed E-state index contributed by atoms with van der Waals surface area (Å²) in [6, 6.07) is 0. The number of carbonyl (C=O) groups excluding carboxylic acids is 1. The maximum atomic E-state index is 12.1. The fourth-order valence-corrected chi connectivity index (χ4v) is 2.54. The molecule has 1 N–H and O–H groups in total.